The van der Waals surface area contributed by atoms with Crippen LogP contribution in [0.3, 0.4) is 0 Å². The number of nitrogens with zero attached hydrogens (tertiary/aromatic N) is 3. The van der Waals surface area contributed by atoms with Crippen molar-refractivity contribution in [1.29, 1.82) is 0 Å². The zero-order chi connectivity index (χ0) is 20.4. The molecule has 0 radical (unpaired) electrons. The van der Waals surface area contributed by atoms with Crippen LogP contribution in [-0.4, -0.2) is 56.3 Å². The van der Waals surface area contributed by atoms with E-state index in [0.717, 1.165) is 18.8 Å². The Hall–Kier alpha value is -3.13. The van der Waals surface area contributed by atoms with E-state index < -0.39 is 6.03 Å². The second kappa shape index (κ2) is 8.08. The van der Waals surface area contributed by atoms with E-state index in [-0.39, 0.29) is 24.3 Å². The molecule has 0 aromatic heterocycles. The van der Waals surface area contributed by atoms with Crippen molar-refractivity contribution in [1.82, 2.24) is 10.2 Å². The number of piperazine rings is 1. The van der Waals surface area contributed by atoms with Gasteiger partial charge in [-0.1, -0.05) is 0 Å². The average Bonchev–Trinajstić information content (AvgIpc) is 2.74. The molecule has 2 aliphatic heterocycles. The van der Waals surface area contributed by atoms with Crippen LogP contribution >= 0.6 is 0 Å². The van der Waals surface area contributed by atoms with Crippen molar-refractivity contribution in [2.45, 2.75) is 12.6 Å². The van der Waals surface area contributed by atoms with E-state index in [0.29, 0.717) is 24.5 Å². The van der Waals surface area contributed by atoms with Crippen molar-refractivity contribution in [2.24, 2.45) is 0 Å². The molecule has 4 rings (SSSR count). The Kier molecular flexibility index (Phi) is 5.35. The van der Waals surface area contributed by atoms with Crippen LogP contribution in [0.4, 0.5) is 20.6 Å². The van der Waals surface area contributed by atoms with Crippen molar-refractivity contribution in [2.75, 3.05) is 43.1 Å². The third-order valence-electron chi connectivity index (χ3n) is 5.39. The molecule has 1 atom stereocenters. The van der Waals surface area contributed by atoms with Gasteiger partial charge in [0.2, 0.25) is 5.91 Å². The first-order chi connectivity index (χ1) is 14.0. The number of hydrogen-bond donors (Lipinski definition) is 1. The molecule has 2 saturated heterocycles. The van der Waals surface area contributed by atoms with Crippen LogP contribution in [0.2, 0.25) is 0 Å². The van der Waals surface area contributed by atoms with E-state index in [9.17, 15) is 14.0 Å². The molecule has 1 N–H and O–H groups in total. The van der Waals surface area contributed by atoms with E-state index in [1.165, 1.54) is 17.0 Å². The number of anilines is 2. The summed E-state index contributed by atoms with van der Waals surface area (Å²) in [5.41, 5.74) is 1.49. The third kappa shape index (κ3) is 4.02. The maximum absolute atomic E-state index is 13.1. The molecule has 2 aliphatic rings. The molecule has 0 spiro atoms. The Morgan fingerprint density at radius 1 is 0.931 bits per heavy atom. The molecule has 0 saturated carbocycles. The topological polar surface area (TPSA) is 65.1 Å². The highest BCUT2D eigenvalue weighted by atomic mass is 19.1. The number of halogens is 1. The fraction of sp³-hybridized carbons (Fsp3) is 0.333. The lowest BCUT2D eigenvalue weighted by Gasteiger charge is -2.42. The Morgan fingerprint density at radius 2 is 1.55 bits per heavy atom. The molecule has 7 nitrogen and oxygen atoms in total. The number of benzene rings is 2. The monoisotopic (exact) mass is 398 g/mol. The van der Waals surface area contributed by atoms with E-state index in [4.69, 9.17) is 4.74 Å². The van der Waals surface area contributed by atoms with Crippen LogP contribution in [-0.2, 0) is 4.79 Å². The number of nitrogens with one attached hydrogen (secondary N) is 1. The molecule has 0 bridgehead atoms. The second-order valence-corrected chi connectivity index (χ2v) is 7.10. The zero-order valence-electron chi connectivity index (χ0n) is 16.2. The van der Waals surface area contributed by atoms with Gasteiger partial charge in [0.25, 0.3) is 0 Å². The fourth-order valence-electron chi connectivity index (χ4n) is 3.78. The van der Waals surface area contributed by atoms with E-state index in [1.54, 1.807) is 43.5 Å². The summed E-state index contributed by atoms with van der Waals surface area (Å²) in [4.78, 5) is 30.8. The largest absolute Gasteiger partial charge is 0.497 e. The lowest BCUT2D eigenvalue weighted by atomic mass is 10.1. The van der Waals surface area contributed by atoms with Crippen molar-refractivity contribution < 1.29 is 18.7 Å². The molecule has 2 aromatic rings. The number of amides is 3. The molecule has 29 heavy (non-hydrogen) atoms. The van der Waals surface area contributed by atoms with Gasteiger partial charge in [-0.25, -0.2) is 14.1 Å². The van der Waals surface area contributed by atoms with Gasteiger partial charge in [0, 0.05) is 31.9 Å². The quantitative estimate of drug-likeness (QED) is 0.857. The maximum atomic E-state index is 13.1. The summed E-state index contributed by atoms with van der Waals surface area (Å²) in [5, 5.41) is 2.95. The van der Waals surface area contributed by atoms with Crippen molar-refractivity contribution >= 4 is 23.3 Å². The highest BCUT2D eigenvalue weighted by molar-refractivity contribution is 6.16. The number of imide groups is 1. The summed E-state index contributed by atoms with van der Waals surface area (Å²) in [6.07, 6.45) is -0.103. The molecule has 2 aromatic carbocycles. The van der Waals surface area contributed by atoms with Crippen LogP contribution in [0.15, 0.2) is 48.5 Å². The first-order valence-electron chi connectivity index (χ1n) is 9.57. The predicted octanol–water partition coefficient (Wildman–Crippen LogP) is 2.43. The summed E-state index contributed by atoms with van der Waals surface area (Å²) in [6.45, 7) is 2.90. The highest BCUT2D eigenvalue weighted by Gasteiger charge is 2.36. The van der Waals surface area contributed by atoms with Gasteiger partial charge in [0.05, 0.1) is 25.4 Å². The molecular weight excluding hydrogens is 375 g/mol. The van der Waals surface area contributed by atoms with Crippen LogP contribution in [0.5, 0.6) is 5.75 Å². The number of ether oxygens (including phenoxy) is 1. The van der Waals surface area contributed by atoms with Gasteiger partial charge < -0.3 is 15.0 Å². The van der Waals surface area contributed by atoms with Crippen LogP contribution < -0.4 is 19.9 Å². The smallest absolute Gasteiger partial charge is 0.329 e. The fourth-order valence-corrected chi connectivity index (χ4v) is 3.78. The minimum absolute atomic E-state index is 0.217. The number of carbonyl (C=O) groups is 2. The minimum Gasteiger partial charge on any atom is -0.497 e. The average molecular weight is 398 g/mol. The molecule has 1 unspecified atom stereocenters. The summed E-state index contributed by atoms with van der Waals surface area (Å²) in [7, 11) is 1.56. The Labute approximate surface area is 168 Å². The SMILES string of the molecule is COc1ccc(N2C(=O)CC(N3CCN(c4ccc(F)cc4)CC3)NC2=O)cc1. The van der Waals surface area contributed by atoms with E-state index in [1.807, 2.05) is 0 Å². The summed E-state index contributed by atoms with van der Waals surface area (Å²) in [5.74, 6) is 0.178. The molecule has 8 heteroatoms. The van der Waals surface area contributed by atoms with E-state index >= 15 is 0 Å². The van der Waals surface area contributed by atoms with Gasteiger partial charge in [-0.05, 0) is 48.5 Å². The maximum Gasteiger partial charge on any atom is 0.329 e. The normalized spacial score (nSPS) is 20.6. The first-order valence-corrected chi connectivity index (χ1v) is 9.57. The number of carbonyl (C=O) groups excluding carboxylic acids is 2. The molecule has 152 valence electrons. The van der Waals surface area contributed by atoms with Crippen molar-refractivity contribution in [3.05, 3.63) is 54.3 Å². The number of hydrogen-bond acceptors (Lipinski definition) is 5. The van der Waals surface area contributed by atoms with Crippen molar-refractivity contribution in [3.63, 3.8) is 0 Å². The van der Waals surface area contributed by atoms with Gasteiger partial charge in [0.15, 0.2) is 0 Å². The Bertz CT molecular complexity index is 862. The zero-order valence-corrected chi connectivity index (χ0v) is 16.2. The predicted molar refractivity (Wildman–Crippen MR) is 108 cm³/mol. The van der Waals surface area contributed by atoms with Crippen LogP contribution in [0.25, 0.3) is 0 Å². The van der Waals surface area contributed by atoms with Gasteiger partial charge in [-0.2, -0.15) is 0 Å². The lowest BCUT2D eigenvalue weighted by Crippen LogP contribution is -2.63. The van der Waals surface area contributed by atoms with Crippen LogP contribution in [0.1, 0.15) is 6.42 Å². The Balaban J connectivity index is 1.37. The molecule has 3 amide bonds. The van der Waals surface area contributed by atoms with E-state index in [2.05, 4.69) is 15.1 Å². The molecular formula is C21H23FN4O3. The summed E-state index contributed by atoms with van der Waals surface area (Å²) in [6, 6.07) is 12.8. The van der Waals surface area contributed by atoms with Gasteiger partial charge in [-0.3, -0.25) is 9.69 Å². The third-order valence-corrected chi connectivity index (χ3v) is 5.39. The highest BCUT2D eigenvalue weighted by Crippen LogP contribution is 2.24. The molecule has 2 heterocycles. The minimum atomic E-state index is -0.419. The van der Waals surface area contributed by atoms with Gasteiger partial charge in [-0.15, -0.1) is 0 Å². The number of urea groups is 1. The number of rotatable bonds is 4. The second-order valence-electron chi connectivity index (χ2n) is 7.10. The summed E-state index contributed by atoms with van der Waals surface area (Å²) >= 11 is 0. The first kappa shape index (κ1) is 19.2. The van der Waals surface area contributed by atoms with Crippen molar-refractivity contribution in [3.8, 4) is 5.75 Å². The summed E-state index contributed by atoms with van der Waals surface area (Å²) < 4.78 is 18.2. The van der Waals surface area contributed by atoms with Crippen LogP contribution in [0, 0.1) is 5.82 Å². The standard InChI is InChI=1S/C21H23FN4O3/c1-29-18-8-6-17(7-9-18)26-20(27)14-19(23-21(26)28)25-12-10-24(11-13-25)16-4-2-15(22)3-5-16/h2-9,19H,10-14H2,1H3,(H,23,28). The van der Waals surface area contributed by atoms with Gasteiger partial charge in [0.1, 0.15) is 11.6 Å². The Morgan fingerprint density at radius 3 is 2.14 bits per heavy atom. The van der Waals surface area contributed by atoms with Gasteiger partial charge >= 0.3 is 6.03 Å². The molecule has 2 fully saturated rings. The lowest BCUT2D eigenvalue weighted by molar-refractivity contribution is -0.120. The number of methoxy groups -OCH3 is 1. The molecule has 0 aliphatic carbocycles.